The average molecular weight is 325 g/mol. The van der Waals surface area contributed by atoms with E-state index >= 15 is 0 Å². The van der Waals surface area contributed by atoms with Crippen LogP contribution in [0.5, 0.6) is 0 Å². The zero-order chi connectivity index (χ0) is 17.2. The highest BCUT2D eigenvalue weighted by Gasteiger charge is 2.12. The highest BCUT2D eigenvalue weighted by Crippen LogP contribution is 2.26. The van der Waals surface area contributed by atoms with Crippen LogP contribution in [0.2, 0.25) is 0 Å². The van der Waals surface area contributed by atoms with E-state index in [1.807, 2.05) is 31.2 Å². The van der Waals surface area contributed by atoms with Crippen LogP contribution in [0, 0.1) is 13.8 Å². The first kappa shape index (κ1) is 15.3. The van der Waals surface area contributed by atoms with E-state index in [0.29, 0.717) is 0 Å². The second-order valence-electron chi connectivity index (χ2n) is 6.15. The predicted molar refractivity (Wildman–Crippen MR) is 102 cm³/mol. The van der Waals surface area contributed by atoms with Crippen molar-refractivity contribution in [2.75, 3.05) is 0 Å². The minimum Gasteiger partial charge on any atom is -0.153 e. The molecule has 0 spiro atoms. The van der Waals surface area contributed by atoms with Gasteiger partial charge in [-0.2, -0.15) is 9.90 Å². The fourth-order valence-corrected chi connectivity index (χ4v) is 2.99. The zero-order valence-corrected chi connectivity index (χ0v) is 14.3. The molecule has 0 aliphatic heterocycles. The summed E-state index contributed by atoms with van der Waals surface area (Å²) in [6.45, 7) is 4.07. The van der Waals surface area contributed by atoms with Crippen LogP contribution in [-0.2, 0) is 0 Å². The van der Waals surface area contributed by atoms with E-state index in [1.165, 1.54) is 11.1 Å². The largest absolute Gasteiger partial charge is 0.153 e. The third-order valence-electron chi connectivity index (χ3n) is 4.38. The molecule has 25 heavy (non-hydrogen) atoms. The Balaban J connectivity index is 1.70. The van der Waals surface area contributed by atoms with Crippen molar-refractivity contribution in [2.24, 2.45) is 0 Å². The quantitative estimate of drug-likeness (QED) is 0.517. The van der Waals surface area contributed by atoms with Crippen LogP contribution in [0.15, 0.2) is 78.9 Å². The van der Waals surface area contributed by atoms with Gasteiger partial charge in [-0.1, -0.05) is 72.8 Å². The van der Waals surface area contributed by atoms with Crippen molar-refractivity contribution in [1.82, 2.24) is 15.0 Å². The minimum absolute atomic E-state index is 0.919. The molecule has 0 aliphatic rings. The van der Waals surface area contributed by atoms with Crippen LogP contribution in [0.4, 0.5) is 0 Å². The summed E-state index contributed by atoms with van der Waals surface area (Å²) >= 11 is 0. The number of hydrogen-bond donors (Lipinski definition) is 0. The lowest BCUT2D eigenvalue weighted by Gasteiger charge is -2.04. The predicted octanol–water partition coefficient (Wildman–Crippen LogP) is 5.22. The average Bonchev–Trinajstić information content (AvgIpc) is 3.04. The summed E-state index contributed by atoms with van der Waals surface area (Å²) in [4.78, 5) is 1.73. The number of benzene rings is 3. The smallest absolute Gasteiger partial charge is 0.116 e. The van der Waals surface area contributed by atoms with E-state index in [1.54, 1.807) is 4.80 Å². The van der Waals surface area contributed by atoms with Crippen molar-refractivity contribution in [3.05, 3.63) is 90.1 Å². The summed E-state index contributed by atoms with van der Waals surface area (Å²) in [5, 5.41) is 9.32. The van der Waals surface area contributed by atoms with Gasteiger partial charge in [0.1, 0.15) is 5.69 Å². The molecule has 0 radical (unpaired) electrons. The summed E-state index contributed by atoms with van der Waals surface area (Å²) in [7, 11) is 0. The van der Waals surface area contributed by atoms with Crippen LogP contribution in [0.1, 0.15) is 11.3 Å². The molecule has 3 aromatic carbocycles. The molecule has 3 heteroatoms. The van der Waals surface area contributed by atoms with Gasteiger partial charge in [-0.05, 0) is 36.6 Å². The molecule has 0 atom stereocenters. The van der Waals surface area contributed by atoms with E-state index in [0.717, 1.165) is 28.2 Å². The highest BCUT2D eigenvalue weighted by molar-refractivity contribution is 5.69. The number of aromatic nitrogens is 3. The van der Waals surface area contributed by atoms with E-state index < -0.39 is 0 Å². The van der Waals surface area contributed by atoms with E-state index in [4.69, 9.17) is 5.10 Å². The normalized spacial score (nSPS) is 10.8. The van der Waals surface area contributed by atoms with Crippen molar-refractivity contribution in [3.63, 3.8) is 0 Å². The van der Waals surface area contributed by atoms with Crippen LogP contribution < -0.4 is 0 Å². The Morgan fingerprint density at radius 2 is 1.20 bits per heavy atom. The van der Waals surface area contributed by atoms with Crippen LogP contribution >= 0.6 is 0 Å². The second-order valence-corrected chi connectivity index (χ2v) is 6.15. The van der Waals surface area contributed by atoms with Gasteiger partial charge in [0.05, 0.1) is 11.4 Å². The summed E-state index contributed by atoms with van der Waals surface area (Å²) in [5.74, 6) is 0. The topological polar surface area (TPSA) is 30.7 Å². The first-order valence-electron chi connectivity index (χ1n) is 8.38. The third kappa shape index (κ3) is 2.96. The first-order valence-corrected chi connectivity index (χ1v) is 8.38. The number of nitrogens with zero attached hydrogens (tertiary/aromatic N) is 3. The molecule has 1 aromatic heterocycles. The number of aryl methyl sites for hydroxylation is 2. The maximum atomic E-state index is 4.72. The lowest BCUT2D eigenvalue weighted by atomic mass is 10.0. The maximum absolute atomic E-state index is 4.72. The summed E-state index contributed by atoms with van der Waals surface area (Å²) in [6, 6.07) is 27.0. The van der Waals surface area contributed by atoms with Crippen molar-refractivity contribution < 1.29 is 0 Å². The third-order valence-corrected chi connectivity index (χ3v) is 4.38. The van der Waals surface area contributed by atoms with E-state index in [-0.39, 0.29) is 0 Å². The Kier molecular flexibility index (Phi) is 3.90. The molecule has 0 saturated heterocycles. The Morgan fingerprint density at radius 1 is 0.600 bits per heavy atom. The second kappa shape index (κ2) is 6.36. The van der Waals surface area contributed by atoms with Crippen molar-refractivity contribution in [1.29, 1.82) is 0 Å². The molecular formula is C22H19N3. The first-order chi connectivity index (χ1) is 12.2. The fourth-order valence-electron chi connectivity index (χ4n) is 2.99. The Morgan fingerprint density at radius 3 is 1.92 bits per heavy atom. The molecule has 0 unspecified atom stereocenters. The molecular weight excluding hydrogens is 306 g/mol. The van der Waals surface area contributed by atoms with Gasteiger partial charge in [0, 0.05) is 5.56 Å². The van der Waals surface area contributed by atoms with Crippen LogP contribution in [0.3, 0.4) is 0 Å². The van der Waals surface area contributed by atoms with Crippen molar-refractivity contribution in [2.45, 2.75) is 13.8 Å². The molecule has 0 bridgehead atoms. The van der Waals surface area contributed by atoms with Gasteiger partial charge < -0.3 is 0 Å². The summed E-state index contributed by atoms with van der Waals surface area (Å²) in [5.41, 5.74) is 7.51. The lowest BCUT2D eigenvalue weighted by Crippen LogP contribution is -2.01. The molecule has 3 nitrogen and oxygen atoms in total. The number of hydrogen-bond acceptors (Lipinski definition) is 2. The molecule has 0 aliphatic carbocycles. The van der Waals surface area contributed by atoms with Crippen molar-refractivity contribution in [3.8, 4) is 28.1 Å². The van der Waals surface area contributed by atoms with Crippen LogP contribution in [-0.4, -0.2) is 15.0 Å². The summed E-state index contributed by atoms with van der Waals surface area (Å²) < 4.78 is 0. The molecule has 1 heterocycles. The van der Waals surface area contributed by atoms with Gasteiger partial charge in [0.25, 0.3) is 0 Å². The van der Waals surface area contributed by atoms with Gasteiger partial charge >= 0.3 is 0 Å². The Hall–Kier alpha value is -3.20. The van der Waals surface area contributed by atoms with Gasteiger partial charge in [0.2, 0.25) is 0 Å². The standard InChI is InChI=1S/C22H19N3/c1-16-8-6-7-11-21(16)25-23-17(2)22(24-25)20-14-12-19(13-15-20)18-9-4-3-5-10-18/h3-15H,1-2H3. The highest BCUT2D eigenvalue weighted by atomic mass is 15.5. The molecule has 0 amide bonds. The Bertz CT molecular complexity index is 999. The SMILES string of the molecule is Cc1ccccc1-n1nc(C)c(-c2ccc(-c3ccccc3)cc2)n1. The maximum Gasteiger partial charge on any atom is 0.116 e. The molecule has 4 rings (SSSR count). The fraction of sp³-hybridized carbons (Fsp3) is 0.0909. The number of para-hydroxylation sites is 1. The minimum atomic E-state index is 0.919. The van der Waals surface area contributed by atoms with Crippen molar-refractivity contribution >= 4 is 0 Å². The lowest BCUT2D eigenvalue weighted by molar-refractivity contribution is 0.742. The van der Waals surface area contributed by atoms with E-state index in [2.05, 4.69) is 66.6 Å². The monoisotopic (exact) mass is 325 g/mol. The van der Waals surface area contributed by atoms with Gasteiger partial charge in [-0.15, -0.1) is 5.10 Å². The van der Waals surface area contributed by atoms with Crippen LogP contribution in [0.25, 0.3) is 28.1 Å². The van der Waals surface area contributed by atoms with E-state index in [9.17, 15) is 0 Å². The molecule has 0 saturated carbocycles. The number of rotatable bonds is 3. The Labute approximate surface area is 147 Å². The summed E-state index contributed by atoms with van der Waals surface area (Å²) in [6.07, 6.45) is 0. The van der Waals surface area contributed by atoms with Gasteiger partial charge in [-0.3, -0.25) is 0 Å². The molecule has 4 aromatic rings. The van der Waals surface area contributed by atoms with Gasteiger partial charge in [0.15, 0.2) is 0 Å². The van der Waals surface area contributed by atoms with Gasteiger partial charge in [-0.25, -0.2) is 0 Å². The molecule has 0 N–H and O–H groups in total. The molecule has 0 fully saturated rings. The zero-order valence-electron chi connectivity index (χ0n) is 14.3. The molecule has 122 valence electrons.